The van der Waals surface area contributed by atoms with Crippen molar-refractivity contribution in [3.8, 4) is 11.5 Å². The van der Waals surface area contributed by atoms with Crippen LogP contribution in [0.2, 0.25) is 0 Å². The Bertz CT molecular complexity index is 1060. The lowest BCUT2D eigenvalue weighted by atomic mass is 10.1. The summed E-state index contributed by atoms with van der Waals surface area (Å²) in [6.07, 6.45) is 9.46. The molecule has 31 heavy (non-hydrogen) atoms. The molecule has 1 aliphatic heterocycles. The van der Waals surface area contributed by atoms with Crippen LogP contribution in [0.5, 0.6) is 11.5 Å². The fraction of sp³-hybridized carbons (Fsp3) is 0.417. The Morgan fingerprint density at radius 2 is 2.10 bits per heavy atom. The average molecular weight is 437 g/mol. The van der Waals surface area contributed by atoms with Crippen LogP contribution in [-0.4, -0.2) is 46.6 Å². The summed E-state index contributed by atoms with van der Waals surface area (Å²) in [5.41, 5.74) is 3.28. The number of rotatable bonds is 8. The van der Waals surface area contributed by atoms with E-state index in [-0.39, 0.29) is 0 Å². The molecule has 1 aromatic carbocycles. The van der Waals surface area contributed by atoms with Crippen molar-refractivity contribution < 1.29 is 9.47 Å². The lowest BCUT2D eigenvalue weighted by Gasteiger charge is -2.16. The Morgan fingerprint density at radius 3 is 2.90 bits per heavy atom. The van der Waals surface area contributed by atoms with E-state index in [9.17, 15) is 0 Å². The zero-order valence-electron chi connectivity index (χ0n) is 17.8. The van der Waals surface area contributed by atoms with Crippen LogP contribution in [-0.2, 0) is 4.74 Å². The van der Waals surface area contributed by atoms with Crippen molar-refractivity contribution in [2.24, 2.45) is 4.99 Å². The van der Waals surface area contributed by atoms with Gasteiger partial charge in [-0.3, -0.25) is 9.98 Å². The normalized spacial score (nSPS) is 19.1. The molecule has 3 aromatic rings. The molecule has 3 heterocycles. The van der Waals surface area contributed by atoms with Crippen molar-refractivity contribution in [3.05, 3.63) is 48.4 Å². The summed E-state index contributed by atoms with van der Waals surface area (Å²) in [6.45, 7) is 0.749. The van der Waals surface area contributed by atoms with Crippen molar-refractivity contribution >= 4 is 33.4 Å². The van der Waals surface area contributed by atoms with Gasteiger partial charge in [0, 0.05) is 43.2 Å². The van der Waals surface area contributed by atoms with Crippen LogP contribution in [0.25, 0.3) is 10.9 Å². The summed E-state index contributed by atoms with van der Waals surface area (Å²) < 4.78 is 11.3. The Balaban J connectivity index is 1.47. The predicted molar refractivity (Wildman–Crippen MR) is 128 cm³/mol. The number of nitrogens with zero attached hydrogens (tertiary/aromatic N) is 2. The third-order valence-corrected chi connectivity index (χ3v) is 7.03. The highest BCUT2D eigenvalue weighted by atomic mass is 32.2. The summed E-state index contributed by atoms with van der Waals surface area (Å²) >= 11 is 1.82. The highest BCUT2D eigenvalue weighted by molar-refractivity contribution is 8.14. The molecule has 5 rings (SSSR count). The number of pyridine rings is 1. The topological polar surface area (TPSA) is 71.5 Å². The predicted octanol–water partition coefficient (Wildman–Crippen LogP) is 5.61. The Morgan fingerprint density at radius 1 is 1.19 bits per heavy atom. The number of fused-ring (bicyclic) bond motifs is 1. The molecule has 162 valence electrons. The minimum absolute atomic E-state index is 0.326. The van der Waals surface area contributed by atoms with Gasteiger partial charge in [0.15, 0.2) is 0 Å². The SMILES string of the molecule is COCCC1CSC(c2cc3cc(Oc4cccnc4)cc(NC4CCCC4)c3[nH]2)=N1. The second kappa shape index (κ2) is 9.32. The number of H-pyrrole nitrogens is 1. The fourth-order valence-electron chi connectivity index (χ4n) is 4.30. The van der Waals surface area contributed by atoms with Gasteiger partial charge in [-0.15, -0.1) is 11.8 Å². The molecule has 7 heteroatoms. The number of ether oxygens (including phenoxy) is 2. The van der Waals surface area contributed by atoms with Crippen LogP contribution < -0.4 is 10.1 Å². The summed E-state index contributed by atoms with van der Waals surface area (Å²) in [7, 11) is 1.74. The molecule has 1 unspecified atom stereocenters. The molecule has 0 saturated heterocycles. The highest BCUT2D eigenvalue weighted by Crippen LogP contribution is 2.35. The first-order valence-electron chi connectivity index (χ1n) is 11.0. The third kappa shape index (κ3) is 4.72. The van der Waals surface area contributed by atoms with Gasteiger partial charge in [-0.05, 0) is 43.5 Å². The van der Waals surface area contributed by atoms with Gasteiger partial charge in [-0.2, -0.15) is 0 Å². The largest absolute Gasteiger partial charge is 0.456 e. The number of aliphatic imine (C=N–C) groups is 1. The van der Waals surface area contributed by atoms with Gasteiger partial charge in [-0.1, -0.05) is 12.8 Å². The second-order valence-corrected chi connectivity index (χ2v) is 9.22. The lowest BCUT2D eigenvalue weighted by molar-refractivity contribution is 0.190. The molecule has 2 aromatic heterocycles. The van der Waals surface area contributed by atoms with E-state index in [0.29, 0.717) is 12.1 Å². The second-order valence-electron chi connectivity index (χ2n) is 8.22. The van der Waals surface area contributed by atoms with E-state index in [1.54, 1.807) is 19.5 Å². The Kier molecular flexibility index (Phi) is 6.13. The van der Waals surface area contributed by atoms with Gasteiger partial charge in [0.2, 0.25) is 0 Å². The maximum absolute atomic E-state index is 6.12. The zero-order chi connectivity index (χ0) is 21.0. The number of anilines is 1. The molecule has 0 amide bonds. The molecule has 0 spiro atoms. The van der Waals surface area contributed by atoms with Crippen molar-refractivity contribution in [3.63, 3.8) is 0 Å². The van der Waals surface area contributed by atoms with E-state index >= 15 is 0 Å². The van der Waals surface area contributed by atoms with E-state index in [1.807, 2.05) is 23.9 Å². The van der Waals surface area contributed by atoms with Gasteiger partial charge >= 0.3 is 0 Å². The summed E-state index contributed by atoms with van der Waals surface area (Å²) in [5, 5.41) is 5.97. The molecular weight excluding hydrogens is 408 g/mol. The number of benzene rings is 1. The molecule has 2 aliphatic rings. The van der Waals surface area contributed by atoms with Crippen LogP contribution in [0.15, 0.2) is 47.7 Å². The van der Waals surface area contributed by atoms with Gasteiger partial charge in [0.05, 0.1) is 29.1 Å². The van der Waals surface area contributed by atoms with Crippen molar-refractivity contribution in [1.82, 2.24) is 9.97 Å². The molecule has 1 aliphatic carbocycles. The molecule has 0 bridgehead atoms. The first kappa shape index (κ1) is 20.4. The first-order chi connectivity index (χ1) is 15.3. The van der Waals surface area contributed by atoms with Crippen molar-refractivity contribution in [1.29, 1.82) is 0 Å². The van der Waals surface area contributed by atoms with Crippen molar-refractivity contribution in [2.75, 3.05) is 24.8 Å². The van der Waals surface area contributed by atoms with E-state index in [2.05, 4.69) is 33.5 Å². The number of hydrogen-bond donors (Lipinski definition) is 2. The maximum Gasteiger partial charge on any atom is 0.145 e. The standard InChI is InChI=1S/C24H28N4O2S/c1-29-10-8-18-15-31-24(27-18)22-12-16-11-20(30-19-7-4-9-25-14-19)13-21(23(16)28-22)26-17-5-2-3-6-17/h4,7,9,11-14,17-18,26,28H,2-3,5-6,8,10,15H2,1H3. The lowest BCUT2D eigenvalue weighted by Crippen LogP contribution is -2.14. The van der Waals surface area contributed by atoms with E-state index in [0.717, 1.165) is 57.6 Å². The highest BCUT2D eigenvalue weighted by Gasteiger charge is 2.22. The Hall–Kier alpha value is -2.51. The summed E-state index contributed by atoms with van der Waals surface area (Å²) in [5.74, 6) is 2.56. The molecule has 1 saturated carbocycles. The third-order valence-electron chi connectivity index (χ3n) is 5.88. The van der Waals surface area contributed by atoms with E-state index < -0.39 is 0 Å². The molecule has 2 N–H and O–H groups in total. The molecule has 1 fully saturated rings. The Labute approximate surface area is 186 Å². The maximum atomic E-state index is 6.12. The number of aromatic nitrogens is 2. The minimum Gasteiger partial charge on any atom is -0.456 e. The number of hydrogen-bond acceptors (Lipinski definition) is 6. The zero-order valence-corrected chi connectivity index (χ0v) is 18.6. The number of thioether (sulfide) groups is 1. The minimum atomic E-state index is 0.326. The fourth-order valence-corrected chi connectivity index (χ4v) is 5.38. The van der Waals surface area contributed by atoms with Gasteiger partial charge in [0.25, 0.3) is 0 Å². The van der Waals surface area contributed by atoms with Crippen LogP contribution in [0.1, 0.15) is 37.8 Å². The number of nitrogens with one attached hydrogen (secondary N) is 2. The average Bonchev–Trinajstić information content (AvgIpc) is 3.53. The van der Waals surface area contributed by atoms with Crippen LogP contribution >= 0.6 is 11.8 Å². The number of aromatic amines is 1. The summed E-state index contributed by atoms with van der Waals surface area (Å²) in [6, 6.07) is 11.0. The van der Waals surface area contributed by atoms with Gasteiger partial charge < -0.3 is 19.8 Å². The van der Waals surface area contributed by atoms with Gasteiger partial charge in [0.1, 0.15) is 16.5 Å². The molecular formula is C24H28N4O2S. The van der Waals surface area contributed by atoms with E-state index in [4.69, 9.17) is 14.5 Å². The van der Waals surface area contributed by atoms with Gasteiger partial charge in [-0.25, -0.2) is 0 Å². The number of methoxy groups -OCH3 is 1. The van der Waals surface area contributed by atoms with Crippen LogP contribution in [0.4, 0.5) is 5.69 Å². The molecule has 0 radical (unpaired) electrons. The first-order valence-corrected chi connectivity index (χ1v) is 12.0. The van der Waals surface area contributed by atoms with Crippen LogP contribution in [0, 0.1) is 0 Å². The molecule has 1 atom stereocenters. The van der Waals surface area contributed by atoms with Crippen LogP contribution in [0.3, 0.4) is 0 Å². The summed E-state index contributed by atoms with van der Waals surface area (Å²) in [4.78, 5) is 12.7. The monoisotopic (exact) mass is 436 g/mol. The quantitative estimate of drug-likeness (QED) is 0.480. The molecule has 6 nitrogen and oxygen atoms in total. The van der Waals surface area contributed by atoms with Crippen molar-refractivity contribution in [2.45, 2.75) is 44.2 Å². The smallest absolute Gasteiger partial charge is 0.145 e. The van der Waals surface area contributed by atoms with E-state index in [1.165, 1.54) is 25.7 Å².